The van der Waals surface area contributed by atoms with E-state index in [1.807, 2.05) is 0 Å². The molecule has 0 heterocycles. The zero-order valence-electron chi connectivity index (χ0n) is 16.2. The smallest absolute Gasteiger partial charge is 0.223 e. The number of carbonyl (C=O) groups is 4. The van der Waals surface area contributed by atoms with Gasteiger partial charge in [-0.2, -0.15) is 0 Å². The van der Waals surface area contributed by atoms with Gasteiger partial charge in [0.25, 0.3) is 0 Å². The Morgan fingerprint density at radius 2 is 1.27 bits per heavy atom. The van der Waals surface area contributed by atoms with Gasteiger partial charge in [0.05, 0.1) is 0 Å². The fourth-order valence-electron chi connectivity index (χ4n) is 2.53. The molecule has 0 spiro atoms. The third-order valence-electron chi connectivity index (χ3n) is 4.41. The van der Waals surface area contributed by atoms with Crippen LogP contribution >= 0.6 is 0 Å². The SMILES string of the molecule is CCC(=O)NCCCCCNC(=O)C(CC(C)C(N)=O)CC(C)C(N)=O. The number of hydrogen-bond donors (Lipinski definition) is 4. The minimum absolute atomic E-state index is 0.0355. The van der Waals surface area contributed by atoms with Crippen molar-refractivity contribution < 1.29 is 19.2 Å². The standard InChI is InChI=1S/C18H34N4O4/c1-4-15(23)21-8-6-5-7-9-22-18(26)14(10-12(2)16(19)24)11-13(3)17(20)25/h12-14H,4-11H2,1-3H3,(H2,19,24)(H2,20,25)(H,21,23)(H,22,26). The van der Waals surface area contributed by atoms with Crippen molar-refractivity contribution in [2.75, 3.05) is 13.1 Å². The van der Waals surface area contributed by atoms with E-state index in [4.69, 9.17) is 11.5 Å². The van der Waals surface area contributed by atoms with E-state index in [0.29, 0.717) is 32.4 Å². The Bertz CT molecular complexity index is 460. The highest BCUT2D eigenvalue weighted by Crippen LogP contribution is 2.20. The number of unbranched alkanes of at least 4 members (excludes halogenated alkanes) is 2. The normalized spacial score (nSPS) is 14.1. The fraction of sp³-hybridized carbons (Fsp3) is 0.778. The third-order valence-corrected chi connectivity index (χ3v) is 4.41. The molecule has 0 aromatic heterocycles. The number of rotatable bonds is 14. The van der Waals surface area contributed by atoms with Crippen LogP contribution in [-0.2, 0) is 19.2 Å². The van der Waals surface area contributed by atoms with Gasteiger partial charge >= 0.3 is 0 Å². The van der Waals surface area contributed by atoms with Crippen molar-refractivity contribution in [1.29, 1.82) is 0 Å². The summed E-state index contributed by atoms with van der Waals surface area (Å²) in [5.41, 5.74) is 10.6. The molecule has 26 heavy (non-hydrogen) atoms. The van der Waals surface area contributed by atoms with E-state index >= 15 is 0 Å². The van der Waals surface area contributed by atoms with Gasteiger partial charge in [0, 0.05) is 37.3 Å². The molecule has 0 saturated heterocycles. The average molecular weight is 370 g/mol. The van der Waals surface area contributed by atoms with E-state index in [1.165, 1.54) is 0 Å². The van der Waals surface area contributed by atoms with Gasteiger partial charge in [-0.1, -0.05) is 20.8 Å². The minimum Gasteiger partial charge on any atom is -0.369 e. The van der Waals surface area contributed by atoms with E-state index in [-0.39, 0.29) is 11.8 Å². The average Bonchev–Trinajstić information content (AvgIpc) is 2.59. The molecule has 2 unspecified atom stereocenters. The summed E-state index contributed by atoms with van der Waals surface area (Å²) in [7, 11) is 0. The molecule has 150 valence electrons. The molecule has 4 amide bonds. The van der Waals surface area contributed by atoms with Gasteiger partial charge in [-0.15, -0.1) is 0 Å². The van der Waals surface area contributed by atoms with Gasteiger partial charge in [-0.25, -0.2) is 0 Å². The molecule has 0 aliphatic carbocycles. The zero-order valence-corrected chi connectivity index (χ0v) is 16.2. The summed E-state index contributed by atoms with van der Waals surface area (Å²) in [4.78, 5) is 46.1. The topological polar surface area (TPSA) is 144 Å². The summed E-state index contributed by atoms with van der Waals surface area (Å²) in [5.74, 6) is -2.48. The Morgan fingerprint density at radius 3 is 1.69 bits per heavy atom. The summed E-state index contributed by atoms with van der Waals surface area (Å²) in [6.07, 6.45) is 3.58. The predicted octanol–water partition coefficient (Wildman–Crippen LogP) is 0.438. The molecule has 8 heteroatoms. The number of nitrogens with one attached hydrogen (secondary N) is 2. The summed E-state index contributed by atoms with van der Waals surface area (Å²) in [6, 6.07) is 0. The Morgan fingerprint density at radius 1 is 0.808 bits per heavy atom. The fourth-order valence-corrected chi connectivity index (χ4v) is 2.53. The summed E-state index contributed by atoms with van der Waals surface area (Å²) < 4.78 is 0. The van der Waals surface area contributed by atoms with E-state index < -0.39 is 29.6 Å². The number of nitrogens with two attached hydrogens (primary N) is 2. The second-order valence-corrected chi connectivity index (χ2v) is 6.83. The molecule has 0 aromatic carbocycles. The highest BCUT2D eigenvalue weighted by molar-refractivity contribution is 5.82. The quantitative estimate of drug-likeness (QED) is 0.329. The summed E-state index contributed by atoms with van der Waals surface area (Å²) >= 11 is 0. The van der Waals surface area contributed by atoms with Crippen LogP contribution in [0.15, 0.2) is 0 Å². The van der Waals surface area contributed by atoms with Gasteiger partial charge < -0.3 is 22.1 Å². The highest BCUT2D eigenvalue weighted by Gasteiger charge is 2.26. The van der Waals surface area contributed by atoms with Gasteiger partial charge in [0.2, 0.25) is 23.6 Å². The molecule has 0 radical (unpaired) electrons. The van der Waals surface area contributed by atoms with Crippen LogP contribution in [0.4, 0.5) is 0 Å². The maximum absolute atomic E-state index is 12.4. The molecule has 0 fully saturated rings. The monoisotopic (exact) mass is 370 g/mol. The molecule has 8 nitrogen and oxygen atoms in total. The van der Waals surface area contributed by atoms with Crippen LogP contribution in [0.25, 0.3) is 0 Å². The van der Waals surface area contributed by atoms with E-state index in [2.05, 4.69) is 10.6 Å². The predicted molar refractivity (Wildman–Crippen MR) is 99.6 cm³/mol. The molecular formula is C18H34N4O4. The molecule has 6 N–H and O–H groups in total. The Hall–Kier alpha value is -2.12. The highest BCUT2D eigenvalue weighted by atomic mass is 16.2. The lowest BCUT2D eigenvalue weighted by molar-refractivity contribution is -0.128. The van der Waals surface area contributed by atoms with Crippen molar-refractivity contribution in [3.63, 3.8) is 0 Å². The van der Waals surface area contributed by atoms with Crippen LogP contribution in [-0.4, -0.2) is 36.7 Å². The first-order valence-electron chi connectivity index (χ1n) is 9.32. The number of carbonyl (C=O) groups excluding carboxylic acids is 4. The maximum Gasteiger partial charge on any atom is 0.223 e. The second kappa shape index (κ2) is 13.1. The van der Waals surface area contributed by atoms with Crippen molar-refractivity contribution >= 4 is 23.6 Å². The van der Waals surface area contributed by atoms with E-state index in [0.717, 1.165) is 19.3 Å². The Balaban J connectivity index is 4.30. The van der Waals surface area contributed by atoms with Crippen molar-refractivity contribution in [3.05, 3.63) is 0 Å². The number of primary amides is 2. The lowest BCUT2D eigenvalue weighted by Gasteiger charge is -2.21. The van der Waals surface area contributed by atoms with Crippen LogP contribution in [0.2, 0.25) is 0 Å². The van der Waals surface area contributed by atoms with E-state index in [1.54, 1.807) is 20.8 Å². The number of amides is 4. The number of hydrogen-bond acceptors (Lipinski definition) is 4. The van der Waals surface area contributed by atoms with Crippen molar-refractivity contribution in [2.24, 2.45) is 29.2 Å². The molecule has 2 atom stereocenters. The molecule has 0 aliphatic rings. The molecule has 0 aromatic rings. The first kappa shape index (κ1) is 23.9. The Kier molecular flexibility index (Phi) is 12.1. The van der Waals surface area contributed by atoms with Gasteiger partial charge in [0.15, 0.2) is 0 Å². The first-order valence-corrected chi connectivity index (χ1v) is 9.32. The van der Waals surface area contributed by atoms with Crippen LogP contribution in [0.1, 0.15) is 59.3 Å². The van der Waals surface area contributed by atoms with Gasteiger partial charge in [-0.05, 0) is 32.1 Å². The van der Waals surface area contributed by atoms with Crippen molar-refractivity contribution in [3.8, 4) is 0 Å². The zero-order chi connectivity index (χ0) is 20.1. The summed E-state index contributed by atoms with van der Waals surface area (Å²) in [6.45, 7) is 6.28. The van der Waals surface area contributed by atoms with Gasteiger partial charge in [0.1, 0.15) is 0 Å². The maximum atomic E-state index is 12.4. The van der Waals surface area contributed by atoms with Crippen LogP contribution in [0.3, 0.4) is 0 Å². The second-order valence-electron chi connectivity index (χ2n) is 6.83. The minimum atomic E-state index is -0.483. The van der Waals surface area contributed by atoms with Crippen LogP contribution in [0, 0.1) is 17.8 Å². The molecule has 0 aliphatic heterocycles. The largest absolute Gasteiger partial charge is 0.369 e. The van der Waals surface area contributed by atoms with Crippen LogP contribution in [0.5, 0.6) is 0 Å². The van der Waals surface area contributed by atoms with Crippen LogP contribution < -0.4 is 22.1 Å². The molecule has 0 rings (SSSR count). The van der Waals surface area contributed by atoms with Crippen molar-refractivity contribution in [1.82, 2.24) is 10.6 Å². The first-order chi connectivity index (χ1) is 12.2. The molecule has 0 saturated carbocycles. The lowest BCUT2D eigenvalue weighted by atomic mass is 9.87. The van der Waals surface area contributed by atoms with Gasteiger partial charge in [-0.3, -0.25) is 19.2 Å². The third kappa shape index (κ3) is 10.7. The van der Waals surface area contributed by atoms with Crippen molar-refractivity contribution in [2.45, 2.75) is 59.3 Å². The lowest BCUT2D eigenvalue weighted by Crippen LogP contribution is -2.36. The molecule has 0 bridgehead atoms. The van der Waals surface area contributed by atoms with E-state index in [9.17, 15) is 19.2 Å². The summed E-state index contributed by atoms with van der Waals surface area (Å²) in [5, 5.41) is 5.65. The Labute approximate surface area is 155 Å². The molecular weight excluding hydrogens is 336 g/mol.